The van der Waals surface area contributed by atoms with Crippen molar-refractivity contribution < 1.29 is 22.4 Å². The van der Waals surface area contributed by atoms with Gasteiger partial charge < -0.3 is 14.2 Å². The molecule has 8 nitrogen and oxygen atoms in total. The first-order valence-corrected chi connectivity index (χ1v) is 9.35. The van der Waals surface area contributed by atoms with E-state index in [-0.39, 0.29) is 43.1 Å². The third-order valence-electron chi connectivity index (χ3n) is 4.69. The van der Waals surface area contributed by atoms with Gasteiger partial charge in [-0.2, -0.15) is 4.31 Å². The molecule has 1 aromatic carbocycles. The third-order valence-corrected chi connectivity index (χ3v) is 6.42. The molecule has 1 aromatic heterocycles. The van der Waals surface area contributed by atoms with E-state index in [2.05, 4.69) is 0 Å². The van der Waals surface area contributed by atoms with Gasteiger partial charge in [0.05, 0.1) is 6.54 Å². The van der Waals surface area contributed by atoms with Crippen molar-refractivity contribution in [2.45, 2.75) is 11.1 Å². The lowest BCUT2D eigenvalue weighted by molar-refractivity contribution is -0.156. The van der Waals surface area contributed by atoms with E-state index in [1.54, 1.807) is 31.3 Å². The van der Waals surface area contributed by atoms with Gasteiger partial charge in [0.1, 0.15) is 11.6 Å². The van der Waals surface area contributed by atoms with Gasteiger partial charge in [-0.05, 0) is 6.07 Å². The van der Waals surface area contributed by atoms with E-state index in [1.165, 1.54) is 20.2 Å². The molecule has 0 aliphatic carbocycles. The number of hydrogen-bond donors (Lipinski definition) is 0. The minimum atomic E-state index is -3.87. The Kier molecular flexibility index (Phi) is 3.58. The molecular weight excluding hydrogens is 346 g/mol. The zero-order valence-electron chi connectivity index (χ0n) is 13.6. The Hall–Kier alpha value is -2.39. The summed E-state index contributed by atoms with van der Waals surface area (Å²) in [6, 6.07) is 7.74. The molecule has 25 heavy (non-hydrogen) atoms. The topological polar surface area (TPSA) is 91.1 Å². The highest BCUT2D eigenvalue weighted by Gasteiger charge is 2.44. The van der Waals surface area contributed by atoms with Crippen LogP contribution in [0.4, 0.5) is 0 Å². The number of nitrogens with zero attached hydrogens (tertiary/aromatic N) is 3. The molecular formula is C16H17N3O5S. The largest absolute Gasteiger partial charge is 0.443 e. The Labute approximate surface area is 144 Å². The minimum Gasteiger partial charge on any atom is -0.443 e. The summed E-state index contributed by atoms with van der Waals surface area (Å²) in [6.45, 7) is 0.307. The molecule has 0 bridgehead atoms. The zero-order valence-corrected chi connectivity index (χ0v) is 14.4. The number of amides is 2. The number of fused-ring (bicyclic) bond motifs is 2. The van der Waals surface area contributed by atoms with Crippen LogP contribution in [0.15, 0.2) is 39.8 Å². The summed E-state index contributed by atoms with van der Waals surface area (Å²) in [4.78, 5) is 27.2. The predicted molar refractivity (Wildman–Crippen MR) is 88.1 cm³/mol. The smallest absolute Gasteiger partial charge is 0.276 e. The number of piperazine rings is 2. The SMILES string of the molecule is CN1CC(=O)N2CCN(S(=O)(=O)c3cc4ccccc4o3)C[C@H]2C1=O. The number of sulfonamides is 1. The van der Waals surface area contributed by atoms with Crippen LogP contribution in [0.25, 0.3) is 11.0 Å². The second kappa shape index (κ2) is 5.57. The Morgan fingerprint density at radius 1 is 1.16 bits per heavy atom. The van der Waals surface area contributed by atoms with Crippen LogP contribution in [-0.2, 0) is 19.6 Å². The van der Waals surface area contributed by atoms with Gasteiger partial charge in [-0.15, -0.1) is 0 Å². The van der Waals surface area contributed by atoms with Crippen LogP contribution in [0.5, 0.6) is 0 Å². The third kappa shape index (κ3) is 2.50. The number of carbonyl (C=O) groups excluding carboxylic acids is 2. The van der Waals surface area contributed by atoms with Crippen molar-refractivity contribution in [3.05, 3.63) is 30.3 Å². The van der Waals surface area contributed by atoms with Crippen LogP contribution in [-0.4, -0.2) is 73.6 Å². The summed E-state index contributed by atoms with van der Waals surface area (Å²) in [5.74, 6) is -0.406. The highest BCUT2D eigenvalue weighted by molar-refractivity contribution is 7.89. The summed E-state index contributed by atoms with van der Waals surface area (Å²) in [5.41, 5.74) is 0.489. The van der Waals surface area contributed by atoms with Gasteiger partial charge >= 0.3 is 0 Å². The molecule has 1 atom stereocenters. The van der Waals surface area contributed by atoms with E-state index in [0.29, 0.717) is 11.0 Å². The maximum absolute atomic E-state index is 12.9. The molecule has 2 aromatic rings. The van der Waals surface area contributed by atoms with Crippen molar-refractivity contribution in [1.29, 1.82) is 0 Å². The van der Waals surface area contributed by atoms with E-state index in [4.69, 9.17) is 4.42 Å². The van der Waals surface area contributed by atoms with Crippen molar-refractivity contribution in [3.8, 4) is 0 Å². The van der Waals surface area contributed by atoms with Crippen LogP contribution in [0.1, 0.15) is 0 Å². The Morgan fingerprint density at radius 3 is 2.68 bits per heavy atom. The van der Waals surface area contributed by atoms with Crippen molar-refractivity contribution in [3.63, 3.8) is 0 Å². The van der Waals surface area contributed by atoms with Crippen molar-refractivity contribution in [1.82, 2.24) is 14.1 Å². The highest BCUT2D eigenvalue weighted by Crippen LogP contribution is 2.27. The van der Waals surface area contributed by atoms with E-state index < -0.39 is 16.1 Å². The van der Waals surface area contributed by atoms with E-state index in [0.717, 1.165) is 0 Å². The van der Waals surface area contributed by atoms with Gasteiger partial charge in [0.25, 0.3) is 10.0 Å². The number of para-hydroxylation sites is 1. The number of hydrogen-bond acceptors (Lipinski definition) is 5. The molecule has 9 heteroatoms. The molecule has 0 spiro atoms. The number of furan rings is 1. The molecule has 3 heterocycles. The maximum atomic E-state index is 12.9. The molecule has 0 saturated carbocycles. The van der Waals surface area contributed by atoms with E-state index in [1.807, 2.05) is 0 Å². The lowest BCUT2D eigenvalue weighted by atomic mass is 10.1. The second-order valence-electron chi connectivity index (χ2n) is 6.26. The first kappa shape index (κ1) is 16.1. The summed E-state index contributed by atoms with van der Waals surface area (Å²) in [6.07, 6.45) is 0. The lowest BCUT2D eigenvalue weighted by Gasteiger charge is -2.44. The van der Waals surface area contributed by atoms with Crippen LogP contribution in [0.2, 0.25) is 0 Å². The molecule has 2 saturated heterocycles. The molecule has 2 amide bonds. The fourth-order valence-corrected chi connectivity index (χ4v) is 4.71. The summed E-state index contributed by atoms with van der Waals surface area (Å²) in [5, 5.41) is 0.549. The van der Waals surface area contributed by atoms with Crippen LogP contribution in [0, 0.1) is 0 Å². The monoisotopic (exact) mass is 363 g/mol. The quantitative estimate of drug-likeness (QED) is 0.755. The summed E-state index contributed by atoms with van der Waals surface area (Å²) < 4.78 is 32.5. The van der Waals surface area contributed by atoms with Gasteiger partial charge in [-0.25, -0.2) is 8.42 Å². The van der Waals surface area contributed by atoms with Gasteiger partial charge in [-0.1, -0.05) is 18.2 Å². The molecule has 0 radical (unpaired) electrons. The average Bonchev–Trinajstić information content (AvgIpc) is 3.04. The zero-order chi connectivity index (χ0) is 17.8. The maximum Gasteiger partial charge on any atom is 0.276 e. The number of likely N-dealkylation sites (N-methyl/N-ethyl adjacent to an activating group) is 1. The lowest BCUT2D eigenvalue weighted by Crippen LogP contribution is -2.66. The number of carbonyl (C=O) groups is 2. The molecule has 0 N–H and O–H groups in total. The molecule has 2 fully saturated rings. The molecule has 2 aliphatic heterocycles. The van der Waals surface area contributed by atoms with E-state index >= 15 is 0 Å². The summed E-state index contributed by atoms with van der Waals surface area (Å²) >= 11 is 0. The van der Waals surface area contributed by atoms with Crippen molar-refractivity contribution in [2.75, 3.05) is 33.2 Å². The molecule has 132 valence electrons. The summed E-state index contributed by atoms with van der Waals surface area (Å²) in [7, 11) is -2.33. The van der Waals surface area contributed by atoms with Crippen molar-refractivity contribution >= 4 is 32.8 Å². The van der Waals surface area contributed by atoms with Gasteiger partial charge in [0, 0.05) is 38.1 Å². The van der Waals surface area contributed by atoms with Crippen LogP contribution < -0.4 is 0 Å². The molecule has 2 aliphatic rings. The van der Waals surface area contributed by atoms with Crippen molar-refractivity contribution in [2.24, 2.45) is 0 Å². The Morgan fingerprint density at radius 2 is 1.92 bits per heavy atom. The fourth-order valence-electron chi connectivity index (χ4n) is 3.32. The highest BCUT2D eigenvalue weighted by atomic mass is 32.2. The second-order valence-corrected chi connectivity index (χ2v) is 8.13. The first-order chi connectivity index (χ1) is 11.9. The minimum absolute atomic E-state index is 0.0334. The van der Waals surface area contributed by atoms with Crippen LogP contribution >= 0.6 is 0 Å². The number of rotatable bonds is 2. The predicted octanol–water partition coefficient (Wildman–Crippen LogP) is 0.106. The fraction of sp³-hybridized carbons (Fsp3) is 0.375. The Bertz CT molecular complexity index is 934. The molecule has 0 unspecified atom stereocenters. The average molecular weight is 363 g/mol. The Balaban J connectivity index is 1.65. The normalized spacial score (nSPS) is 22.5. The van der Waals surface area contributed by atoms with Gasteiger partial charge in [0.15, 0.2) is 0 Å². The van der Waals surface area contributed by atoms with E-state index in [9.17, 15) is 18.0 Å². The first-order valence-electron chi connectivity index (χ1n) is 7.91. The van der Waals surface area contributed by atoms with Gasteiger partial charge in [-0.3, -0.25) is 9.59 Å². The van der Waals surface area contributed by atoms with Crippen LogP contribution in [0.3, 0.4) is 0 Å². The molecule has 4 rings (SSSR count). The number of benzene rings is 1. The standard InChI is InChI=1S/C16H17N3O5S/c1-17-10-14(20)19-7-6-18(9-12(19)16(17)21)25(22,23)15-8-11-4-2-3-5-13(11)24-15/h2-5,8,12H,6-7,9-10H2,1H3/t12-/m0/s1. The van der Waals surface area contributed by atoms with Gasteiger partial charge in [0.2, 0.25) is 16.9 Å².